The van der Waals surface area contributed by atoms with Crippen molar-refractivity contribution in [2.24, 2.45) is 5.73 Å². The lowest BCUT2D eigenvalue weighted by atomic mass is 10.3. The van der Waals surface area contributed by atoms with Crippen molar-refractivity contribution < 1.29 is 4.74 Å². The summed E-state index contributed by atoms with van der Waals surface area (Å²) in [5.41, 5.74) is 5.90. The number of nitrogens with two attached hydrogens (primary N) is 1. The first kappa shape index (κ1) is 12.1. The molecular formula is C14H16NOP. The molecular weight excluding hydrogens is 229 g/mol. The lowest BCUT2D eigenvalue weighted by molar-refractivity contribution is 0.415. The van der Waals surface area contributed by atoms with E-state index in [0.717, 1.165) is 5.75 Å². The van der Waals surface area contributed by atoms with Crippen LogP contribution in [0.2, 0.25) is 0 Å². The summed E-state index contributed by atoms with van der Waals surface area (Å²) >= 11 is 0. The molecule has 2 N–H and O–H groups in total. The monoisotopic (exact) mass is 245 g/mol. The Labute approximate surface area is 103 Å². The molecule has 0 aliphatic rings. The van der Waals surface area contributed by atoms with Crippen molar-refractivity contribution in [1.29, 1.82) is 0 Å². The minimum atomic E-state index is -0.444. The molecule has 0 spiro atoms. The smallest absolute Gasteiger partial charge is 0.118 e. The molecule has 0 radical (unpaired) electrons. The standard InChI is InChI=1S/C14H16NOP/c1-16-12-7-9-14(10-8-12)17(11-15)13-5-3-2-4-6-13/h2-10H,11,15H2,1H3. The molecule has 1 unspecified atom stereocenters. The van der Waals surface area contributed by atoms with Crippen LogP contribution in [-0.2, 0) is 0 Å². The minimum absolute atomic E-state index is 0.444. The Bertz CT molecular complexity index is 455. The van der Waals surface area contributed by atoms with E-state index in [1.54, 1.807) is 7.11 Å². The van der Waals surface area contributed by atoms with Gasteiger partial charge in [-0.3, -0.25) is 0 Å². The van der Waals surface area contributed by atoms with Gasteiger partial charge in [0.05, 0.1) is 7.11 Å². The summed E-state index contributed by atoms with van der Waals surface area (Å²) in [6.07, 6.45) is 0.672. The normalized spacial score (nSPS) is 12.1. The van der Waals surface area contributed by atoms with E-state index < -0.39 is 7.92 Å². The Hall–Kier alpha value is -1.37. The molecule has 0 saturated heterocycles. The Morgan fingerprint density at radius 3 is 2.06 bits per heavy atom. The van der Waals surface area contributed by atoms with E-state index in [9.17, 15) is 0 Å². The van der Waals surface area contributed by atoms with Crippen LogP contribution in [0.15, 0.2) is 54.6 Å². The van der Waals surface area contributed by atoms with Gasteiger partial charge in [-0.2, -0.15) is 0 Å². The summed E-state index contributed by atoms with van der Waals surface area (Å²) in [5.74, 6) is 0.883. The van der Waals surface area contributed by atoms with Crippen LogP contribution in [0.1, 0.15) is 0 Å². The molecule has 3 heteroatoms. The van der Waals surface area contributed by atoms with E-state index in [4.69, 9.17) is 10.5 Å². The highest BCUT2D eigenvalue weighted by atomic mass is 31.1. The van der Waals surface area contributed by atoms with Gasteiger partial charge in [0.15, 0.2) is 0 Å². The van der Waals surface area contributed by atoms with E-state index in [0.29, 0.717) is 6.29 Å². The van der Waals surface area contributed by atoms with Crippen LogP contribution in [-0.4, -0.2) is 13.4 Å². The molecule has 1 atom stereocenters. The fourth-order valence-electron chi connectivity index (χ4n) is 1.73. The zero-order valence-electron chi connectivity index (χ0n) is 9.84. The van der Waals surface area contributed by atoms with Crippen LogP contribution in [0.3, 0.4) is 0 Å². The predicted octanol–water partition coefficient (Wildman–Crippen LogP) is 2.04. The van der Waals surface area contributed by atoms with Gasteiger partial charge in [-0.05, 0) is 30.7 Å². The molecule has 17 heavy (non-hydrogen) atoms. The molecule has 0 amide bonds. The number of hydrogen-bond acceptors (Lipinski definition) is 2. The predicted molar refractivity (Wildman–Crippen MR) is 74.7 cm³/mol. The minimum Gasteiger partial charge on any atom is -0.497 e. The zero-order chi connectivity index (χ0) is 12.1. The van der Waals surface area contributed by atoms with Crippen molar-refractivity contribution in [2.75, 3.05) is 13.4 Å². The van der Waals surface area contributed by atoms with E-state index in [2.05, 4.69) is 36.4 Å². The van der Waals surface area contributed by atoms with Crippen LogP contribution >= 0.6 is 7.92 Å². The summed E-state index contributed by atoms with van der Waals surface area (Å²) in [6, 6.07) is 18.6. The van der Waals surface area contributed by atoms with Gasteiger partial charge < -0.3 is 10.5 Å². The van der Waals surface area contributed by atoms with Crippen molar-refractivity contribution in [3.63, 3.8) is 0 Å². The van der Waals surface area contributed by atoms with Gasteiger partial charge in [0.1, 0.15) is 5.75 Å². The van der Waals surface area contributed by atoms with Gasteiger partial charge in [0.25, 0.3) is 0 Å². The van der Waals surface area contributed by atoms with Crippen molar-refractivity contribution >= 4 is 18.5 Å². The van der Waals surface area contributed by atoms with Crippen LogP contribution in [0.4, 0.5) is 0 Å². The Balaban J connectivity index is 2.29. The molecule has 88 valence electrons. The third-order valence-corrected chi connectivity index (χ3v) is 4.84. The van der Waals surface area contributed by atoms with Crippen molar-refractivity contribution in [1.82, 2.24) is 0 Å². The number of benzene rings is 2. The second-order valence-corrected chi connectivity index (χ2v) is 5.90. The molecule has 2 nitrogen and oxygen atoms in total. The second kappa shape index (κ2) is 5.81. The van der Waals surface area contributed by atoms with Crippen molar-refractivity contribution in [3.8, 4) is 5.75 Å². The maximum Gasteiger partial charge on any atom is 0.118 e. The highest BCUT2D eigenvalue weighted by Gasteiger charge is 2.11. The third-order valence-electron chi connectivity index (χ3n) is 2.63. The molecule has 0 heterocycles. The molecule has 0 aliphatic carbocycles. The quantitative estimate of drug-likeness (QED) is 0.837. The maximum absolute atomic E-state index is 5.90. The third kappa shape index (κ3) is 2.85. The molecule has 0 aliphatic heterocycles. The van der Waals surface area contributed by atoms with Gasteiger partial charge in [0.2, 0.25) is 0 Å². The average molecular weight is 245 g/mol. The van der Waals surface area contributed by atoms with Gasteiger partial charge in [-0.1, -0.05) is 42.5 Å². The van der Waals surface area contributed by atoms with Crippen molar-refractivity contribution in [2.45, 2.75) is 0 Å². The molecule has 0 aromatic heterocycles. The highest BCUT2D eigenvalue weighted by Crippen LogP contribution is 2.31. The van der Waals surface area contributed by atoms with Crippen LogP contribution in [0.25, 0.3) is 0 Å². The second-order valence-electron chi connectivity index (χ2n) is 3.64. The van der Waals surface area contributed by atoms with Gasteiger partial charge in [0, 0.05) is 6.29 Å². The number of methoxy groups -OCH3 is 1. The van der Waals surface area contributed by atoms with E-state index >= 15 is 0 Å². The van der Waals surface area contributed by atoms with Crippen LogP contribution in [0.5, 0.6) is 5.75 Å². The average Bonchev–Trinajstić information content (AvgIpc) is 2.42. The summed E-state index contributed by atoms with van der Waals surface area (Å²) in [4.78, 5) is 0. The topological polar surface area (TPSA) is 35.2 Å². The molecule has 0 saturated carbocycles. The number of ether oxygens (including phenoxy) is 1. The van der Waals surface area contributed by atoms with Gasteiger partial charge in [-0.15, -0.1) is 0 Å². The van der Waals surface area contributed by atoms with Crippen LogP contribution < -0.4 is 21.1 Å². The van der Waals surface area contributed by atoms with Gasteiger partial charge in [-0.25, -0.2) is 0 Å². The molecule has 0 fully saturated rings. The zero-order valence-corrected chi connectivity index (χ0v) is 10.7. The SMILES string of the molecule is COc1ccc(P(CN)c2ccccc2)cc1. The van der Waals surface area contributed by atoms with Gasteiger partial charge >= 0.3 is 0 Å². The number of rotatable bonds is 4. The first-order chi connectivity index (χ1) is 8.35. The first-order valence-corrected chi connectivity index (χ1v) is 7.04. The van der Waals surface area contributed by atoms with E-state index in [1.165, 1.54) is 10.6 Å². The number of hydrogen-bond donors (Lipinski definition) is 1. The fourth-order valence-corrected chi connectivity index (χ4v) is 3.49. The summed E-state index contributed by atoms with van der Waals surface area (Å²) in [7, 11) is 1.23. The van der Waals surface area contributed by atoms with Crippen molar-refractivity contribution in [3.05, 3.63) is 54.6 Å². The van der Waals surface area contributed by atoms with Crippen LogP contribution in [0, 0.1) is 0 Å². The fraction of sp³-hybridized carbons (Fsp3) is 0.143. The summed E-state index contributed by atoms with van der Waals surface area (Å²) in [5, 5.41) is 2.60. The Morgan fingerprint density at radius 2 is 1.53 bits per heavy atom. The van der Waals surface area contributed by atoms with E-state index in [1.807, 2.05) is 18.2 Å². The molecule has 2 rings (SSSR count). The molecule has 0 bridgehead atoms. The van der Waals surface area contributed by atoms with E-state index in [-0.39, 0.29) is 0 Å². The lowest BCUT2D eigenvalue weighted by Gasteiger charge is -2.16. The maximum atomic E-state index is 5.90. The largest absolute Gasteiger partial charge is 0.497 e. The molecule has 2 aromatic rings. The lowest BCUT2D eigenvalue weighted by Crippen LogP contribution is -2.17. The molecule has 2 aromatic carbocycles. The Morgan fingerprint density at radius 1 is 0.941 bits per heavy atom. The highest BCUT2D eigenvalue weighted by molar-refractivity contribution is 7.72. The Kier molecular flexibility index (Phi) is 4.13. The summed E-state index contributed by atoms with van der Waals surface area (Å²) < 4.78 is 5.16. The summed E-state index contributed by atoms with van der Waals surface area (Å²) in [6.45, 7) is 0. The first-order valence-electron chi connectivity index (χ1n) is 5.52.